The molecule has 4 rings (SSSR count). The zero-order chi connectivity index (χ0) is 23.5. The van der Waals surface area contributed by atoms with Crippen LogP contribution in [0.2, 0.25) is 0 Å². The minimum Gasteiger partial charge on any atom is -0.458 e. The molecule has 1 amide bonds. The van der Waals surface area contributed by atoms with Crippen LogP contribution in [0.15, 0.2) is 40.9 Å². The van der Waals surface area contributed by atoms with Gasteiger partial charge in [-0.15, -0.1) is 11.3 Å². The number of nitrogens with zero attached hydrogens (tertiary/aromatic N) is 5. The van der Waals surface area contributed by atoms with Crippen LogP contribution >= 0.6 is 11.3 Å². The number of rotatable bonds is 7. The first-order chi connectivity index (χ1) is 15.8. The SMILES string of the molecule is Cc1ccc(C)c(NC(=O)Cc2nc(COC(=O)Cn3cnc4c(cnn4C)c3=O)cs2)c1. The Hall–Kier alpha value is -3.86. The van der Waals surface area contributed by atoms with Crippen molar-refractivity contribution in [3.63, 3.8) is 0 Å². The normalized spacial score (nSPS) is 11.0. The molecule has 0 aliphatic heterocycles. The number of esters is 1. The Kier molecular flexibility index (Phi) is 6.31. The predicted molar refractivity (Wildman–Crippen MR) is 123 cm³/mol. The smallest absolute Gasteiger partial charge is 0.326 e. The van der Waals surface area contributed by atoms with Gasteiger partial charge >= 0.3 is 5.97 Å². The number of fused-ring (bicyclic) bond motifs is 1. The summed E-state index contributed by atoms with van der Waals surface area (Å²) in [7, 11) is 1.68. The third-order valence-electron chi connectivity index (χ3n) is 4.98. The third kappa shape index (κ3) is 5.14. The van der Waals surface area contributed by atoms with Gasteiger partial charge < -0.3 is 10.1 Å². The second-order valence-corrected chi connectivity index (χ2v) is 8.56. The first kappa shape index (κ1) is 22.3. The summed E-state index contributed by atoms with van der Waals surface area (Å²) in [6, 6.07) is 5.87. The summed E-state index contributed by atoms with van der Waals surface area (Å²) in [4.78, 5) is 45.5. The molecular formula is C22H22N6O4S. The number of carbonyl (C=O) groups is 2. The van der Waals surface area contributed by atoms with E-state index in [9.17, 15) is 14.4 Å². The number of thiazole rings is 1. The maximum absolute atomic E-state index is 12.4. The molecule has 0 aliphatic carbocycles. The van der Waals surface area contributed by atoms with Crippen molar-refractivity contribution in [2.75, 3.05) is 5.32 Å². The number of hydrogen-bond acceptors (Lipinski definition) is 8. The van der Waals surface area contributed by atoms with Crippen molar-refractivity contribution in [1.29, 1.82) is 0 Å². The van der Waals surface area contributed by atoms with E-state index in [0.717, 1.165) is 16.8 Å². The molecule has 0 aliphatic rings. The van der Waals surface area contributed by atoms with Crippen LogP contribution in [0.25, 0.3) is 11.0 Å². The summed E-state index contributed by atoms with van der Waals surface area (Å²) < 4.78 is 7.91. The minimum absolute atomic E-state index is 0.0503. The third-order valence-corrected chi connectivity index (χ3v) is 5.87. The molecule has 11 heteroatoms. The number of ether oxygens (including phenoxy) is 1. The monoisotopic (exact) mass is 466 g/mol. The molecule has 170 valence electrons. The Balaban J connectivity index is 1.31. The van der Waals surface area contributed by atoms with E-state index in [1.807, 2.05) is 32.0 Å². The van der Waals surface area contributed by atoms with Crippen molar-refractivity contribution in [3.8, 4) is 0 Å². The van der Waals surface area contributed by atoms with Crippen LogP contribution in [0.5, 0.6) is 0 Å². The van der Waals surface area contributed by atoms with Crippen molar-refractivity contribution in [3.05, 3.63) is 68.3 Å². The van der Waals surface area contributed by atoms with Crippen molar-refractivity contribution >= 4 is 39.9 Å². The second-order valence-electron chi connectivity index (χ2n) is 7.62. The zero-order valence-corrected chi connectivity index (χ0v) is 19.2. The van der Waals surface area contributed by atoms with Gasteiger partial charge in [-0.1, -0.05) is 12.1 Å². The van der Waals surface area contributed by atoms with Crippen LogP contribution < -0.4 is 10.9 Å². The molecule has 1 aromatic carbocycles. The summed E-state index contributed by atoms with van der Waals surface area (Å²) >= 11 is 1.32. The molecular weight excluding hydrogens is 444 g/mol. The molecule has 0 spiro atoms. The van der Waals surface area contributed by atoms with E-state index in [0.29, 0.717) is 21.7 Å². The van der Waals surface area contributed by atoms with E-state index >= 15 is 0 Å². The summed E-state index contributed by atoms with van der Waals surface area (Å²) in [5.41, 5.74) is 3.44. The maximum atomic E-state index is 12.4. The Morgan fingerprint density at radius 3 is 2.88 bits per heavy atom. The Labute approximate surface area is 192 Å². The van der Waals surface area contributed by atoms with Gasteiger partial charge in [0.2, 0.25) is 5.91 Å². The number of anilines is 1. The van der Waals surface area contributed by atoms with Crippen LogP contribution in [0.3, 0.4) is 0 Å². The lowest BCUT2D eigenvalue weighted by Crippen LogP contribution is -2.25. The summed E-state index contributed by atoms with van der Waals surface area (Å²) in [5, 5.41) is 9.59. The molecule has 0 saturated carbocycles. The van der Waals surface area contributed by atoms with E-state index < -0.39 is 5.97 Å². The van der Waals surface area contributed by atoms with Gasteiger partial charge in [-0.25, -0.2) is 9.97 Å². The highest BCUT2D eigenvalue weighted by atomic mass is 32.1. The highest BCUT2D eigenvalue weighted by molar-refractivity contribution is 7.09. The number of benzene rings is 1. The molecule has 3 heterocycles. The van der Waals surface area contributed by atoms with Gasteiger partial charge in [0.15, 0.2) is 5.65 Å². The van der Waals surface area contributed by atoms with Gasteiger partial charge in [0.25, 0.3) is 5.56 Å². The molecule has 10 nitrogen and oxygen atoms in total. The lowest BCUT2D eigenvalue weighted by molar-refractivity contribution is -0.145. The zero-order valence-electron chi connectivity index (χ0n) is 18.4. The standard InChI is InChI=1S/C22H22N6O4S/c1-13-4-5-14(2)17(6-13)26-18(29)7-19-25-15(11-33-19)10-32-20(30)9-28-12-23-21-16(22(28)31)8-24-27(21)3/h4-6,8,11-12H,7,9-10H2,1-3H3,(H,26,29). The highest BCUT2D eigenvalue weighted by Gasteiger charge is 2.14. The fourth-order valence-corrected chi connectivity index (χ4v) is 3.99. The Bertz CT molecular complexity index is 1400. The maximum Gasteiger partial charge on any atom is 0.326 e. The van der Waals surface area contributed by atoms with Crippen LogP contribution in [0.4, 0.5) is 5.69 Å². The van der Waals surface area contributed by atoms with E-state index in [-0.39, 0.29) is 31.0 Å². The summed E-state index contributed by atoms with van der Waals surface area (Å²) in [5.74, 6) is -0.761. The minimum atomic E-state index is -0.593. The Morgan fingerprint density at radius 1 is 1.24 bits per heavy atom. The van der Waals surface area contributed by atoms with Crippen LogP contribution in [-0.4, -0.2) is 36.2 Å². The number of aromatic nitrogens is 5. The van der Waals surface area contributed by atoms with Crippen molar-refractivity contribution in [2.24, 2.45) is 7.05 Å². The molecule has 1 N–H and O–H groups in total. The summed E-state index contributed by atoms with van der Waals surface area (Å²) in [6.45, 7) is 3.58. The average Bonchev–Trinajstić information content (AvgIpc) is 3.38. The van der Waals surface area contributed by atoms with Gasteiger partial charge in [-0.2, -0.15) is 5.10 Å². The van der Waals surface area contributed by atoms with Crippen LogP contribution in [-0.2, 0) is 40.9 Å². The fourth-order valence-electron chi connectivity index (χ4n) is 3.22. The first-order valence-corrected chi connectivity index (χ1v) is 11.0. The van der Waals surface area contributed by atoms with Crippen molar-refractivity contribution in [1.82, 2.24) is 24.3 Å². The molecule has 4 aromatic rings. The van der Waals surface area contributed by atoms with Gasteiger partial charge in [-0.3, -0.25) is 23.6 Å². The number of carbonyl (C=O) groups excluding carboxylic acids is 2. The number of hydrogen-bond donors (Lipinski definition) is 1. The van der Waals surface area contributed by atoms with Gasteiger partial charge in [0.05, 0.1) is 18.3 Å². The second kappa shape index (κ2) is 9.33. The van der Waals surface area contributed by atoms with E-state index in [1.165, 1.54) is 33.1 Å². The average molecular weight is 467 g/mol. The van der Waals surface area contributed by atoms with E-state index in [2.05, 4.69) is 20.4 Å². The molecule has 0 fully saturated rings. The number of aryl methyl sites for hydroxylation is 3. The molecule has 0 unspecified atom stereocenters. The first-order valence-electron chi connectivity index (χ1n) is 10.1. The van der Waals surface area contributed by atoms with E-state index in [4.69, 9.17) is 4.74 Å². The molecule has 3 aromatic heterocycles. The highest BCUT2D eigenvalue weighted by Crippen LogP contribution is 2.18. The summed E-state index contributed by atoms with van der Waals surface area (Å²) in [6.07, 6.45) is 2.83. The van der Waals surface area contributed by atoms with Crippen molar-refractivity contribution in [2.45, 2.75) is 33.4 Å². The molecule has 0 atom stereocenters. The number of nitrogens with one attached hydrogen (secondary N) is 1. The quantitative estimate of drug-likeness (QED) is 0.414. The molecule has 33 heavy (non-hydrogen) atoms. The van der Waals surface area contributed by atoms with Gasteiger partial charge in [0.1, 0.15) is 29.9 Å². The van der Waals surface area contributed by atoms with Gasteiger partial charge in [0, 0.05) is 18.1 Å². The topological polar surface area (TPSA) is 121 Å². The Morgan fingerprint density at radius 2 is 2.06 bits per heavy atom. The van der Waals surface area contributed by atoms with Gasteiger partial charge in [-0.05, 0) is 31.0 Å². The predicted octanol–water partition coefficient (Wildman–Crippen LogP) is 2.13. The fraction of sp³-hybridized carbons (Fsp3) is 0.273. The lowest BCUT2D eigenvalue weighted by atomic mass is 10.1. The van der Waals surface area contributed by atoms with Crippen LogP contribution in [0, 0.1) is 13.8 Å². The number of amides is 1. The van der Waals surface area contributed by atoms with E-state index in [1.54, 1.807) is 12.4 Å². The molecule has 0 saturated heterocycles. The van der Waals surface area contributed by atoms with Crippen LogP contribution in [0.1, 0.15) is 21.8 Å². The molecule has 0 radical (unpaired) electrons. The van der Waals surface area contributed by atoms with Crippen molar-refractivity contribution < 1.29 is 14.3 Å². The molecule has 0 bridgehead atoms. The largest absolute Gasteiger partial charge is 0.458 e. The lowest BCUT2D eigenvalue weighted by Gasteiger charge is -2.08.